The van der Waals surface area contributed by atoms with Crippen LogP contribution in [-0.2, 0) is 4.74 Å². The number of esters is 1. The van der Waals surface area contributed by atoms with E-state index in [1.807, 2.05) is 58.0 Å². The van der Waals surface area contributed by atoms with Crippen LogP contribution in [0.25, 0.3) is 10.1 Å². The molecule has 0 radical (unpaired) electrons. The number of rotatable bonds is 8. The Balaban J connectivity index is 2.28. The highest BCUT2D eigenvalue weighted by Crippen LogP contribution is 2.37. The van der Waals surface area contributed by atoms with Crippen molar-refractivity contribution in [3.05, 3.63) is 23.1 Å². The van der Waals surface area contributed by atoms with Crippen LogP contribution in [-0.4, -0.2) is 50.8 Å². The first-order valence-electron chi connectivity index (χ1n) is 8.09. The molecule has 2 rings (SSSR count). The minimum absolute atomic E-state index is 0.0421. The molecule has 0 saturated heterocycles. The molecule has 0 spiro atoms. The Hall–Kier alpha value is -1.79. The van der Waals surface area contributed by atoms with Gasteiger partial charge in [0.2, 0.25) is 0 Å². The molecule has 132 valence electrons. The Morgan fingerprint density at radius 3 is 2.62 bits per heavy atom. The van der Waals surface area contributed by atoms with E-state index in [9.17, 15) is 4.79 Å². The van der Waals surface area contributed by atoms with E-state index in [2.05, 4.69) is 0 Å². The number of benzene rings is 1. The Morgan fingerprint density at radius 1 is 1.25 bits per heavy atom. The van der Waals surface area contributed by atoms with Gasteiger partial charge >= 0.3 is 5.97 Å². The van der Waals surface area contributed by atoms with E-state index in [4.69, 9.17) is 14.2 Å². The zero-order chi connectivity index (χ0) is 17.7. The largest absolute Gasteiger partial charge is 0.494 e. The van der Waals surface area contributed by atoms with E-state index in [1.54, 1.807) is 0 Å². The molecule has 2 aromatic rings. The van der Waals surface area contributed by atoms with Gasteiger partial charge in [0.15, 0.2) is 0 Å². The van der Waals surface area contributed by atoms with Crippen molar-refractivity contribution >= 4 is 27.4 Å². The Bertz CT molecular complexity index is 694. The highest BCUT2D eigenvalue weighted by atomic mass is 32.1. The second-order valence-corrected chi connectivity index (χ2v) is 7.07. The second-order valence-electron chi connectivity index (χ2n) is 5.98. The SMILES string of the molecule is CCOc1cc(OC(C)C)c2cc(C(=O)OCCN(C)C)sc2c1. The number of nitrogens with zero attached hydrogens (tertiary/aromatic N) is 1. The summed E-state index contributed by atoms with van der Waals surface area (Å²) in [6.45, 7) is 7.54. The molecule has 24 heavy (non-hydrogen) atoms. The molecular formula is C18H25NO4S. The summed E-state index contributed by atoms with van der Waals surface area (Å²) < 4.78 is 17.8. The average molecular weight is 351 g/mol. The maximum absolute atomic E-state index is 12.2. The van der Waals surface area contributed by atoms with Crippen molar-refractivity contribution in [1.29, 1.82) is 0 Å². The molecule has 0 unspecified atom stereocenters. The summed E-state index contributed by atoms with van der Waals surface area (Å²) >= 11 is 1.40. The van der Waals surface area contributed by atoms with Gasteiger partial charge in [-0.2, -0.15) is 0 Å². The van der Waals surface area contributed by atoms with E-state index < -0.39 is 0 Å². The Morgan fingerprint density at radius 2 is 2.00 bits per heavy atom. The molecule has 0 bridgehead atoms. The summed E-state index contributed by atoms with van der Waals surface area (Å²) in [6, 6.07) is 5.65. The summed E-state index contributed by atoms with van der Waals surface area (Å²) in [4.78, 5) is 14.8. The van der Waals surface area contributed by atoms with Crippen molar-refractivity contribution in [2.75, 3.05) is 33.9 Å². The number of ether oxygens (including phenoxy) is 3. The molecule has 6 heteroatoms. The maximum atomic E-state index is 12.2. The lowest BCUT2D eigenvalue weighted by Gasteiger charge is -2.12. The third-order valence-corrected chi connectivity index (χ3v) is 4.28. The smallest absolute Gasteiger partial charge is 0.348 e. The number of hydrogen-bond acceptors (Lipinski definition) is 6. The molecule has 0 aliphatic heterocycles. The highest BCUT2D eigenvalue weighted by Gasteiger charge is 2.16. The van der Waals surface area contributed by atoms with Gasteiger partial charge in [0.25, 0.3) is 0 Å². The van der Waals surface area contributed by atoms with E-state index in [0.717, 1.165) is 21.6 Å². The number of carbonyl (C=O) groups excluding carboxylic acids is 1. The lowest BCUT2D eigenvalue weighted by Crippen LogP contribution is -2.19. The van der Waals surface area contributed by atoms with Gasteiger partial charge in [-0.15, -0.1) is 11.3 Å². The summed E-state index contributed by atoms with van der Waals surface area (Å²) in [6.07, 6.45) is 0.0421. The first-order valence-corrected chi connectivity index (χ1v) is 8.91. The predicted octanol–water partition coefficient (Wildman–Crippen LogP) is 3.81. The Labute approximate surface area is 147 Å². The molecule has 5 nitrogen and oxygen atoms in total. The van der Waals surface area contributed by atoms with E-state index in [1.165, 1.54) is 11.3 Å². The van der Waals surface area contributed by atoms with Crippen LogP contribution in [0, 0.1) is 0 Å². The van der Waals surface area contributed by atoms with Crippen molar-refractivity contribution in [3.8, 4) is 11.5 Å². The predicted molar refractivity (Wildman–Crippen MR) is 97.6 cm³/mol. The number of carbonyl (C=O) groups is 1. The van der Waals surface area contributed by atoms with Gasteiger partial charge in [-0.05, 0) is 47.0 Å². The summed E-state index contributed by atoms with van der Waals surface area (Å²) in [5.41, 5.74) is 0. The van der Waals surface area contributed by atoms with Crippen LogP contribution in [0.3, 0.4) is 0 Å². The van der Waals surface area contributed by atoms with Crippen molar-refractivity contribution in [3.63, 3.8) is 0 Å². The number of likely N-dealkylation sites (N-methyl/N-ethyl adjacent to an activating group) is 1. The van der Waals surface area contributed by atoms with Gasteiger partial charge in [0.1, 0.15) is 23.0 Å². The second kappa shape index (κ2) is 8.35. The van der Waals surface area contributed by atoms with Crippen molar-refractivity contribution in [2.45, 2.75) is 26.9 Å². The molecule has 1 heterocycles. The fraction of sp³-hybridized carbons (Fsp3) is 0.500. The van der Waals surface area contributed by atoms with Gasteiger partial charge in [0, 0.05) is 22.7 Å². The first kappa shape index (κ1) is 18.5. The van der Waals surface area contributed by atoms with Crippen molar-refractivity contribution in [2.24, 2.45) is 0 Å². The monoisotopic (exact) mass is 351 g/mol. The third-order valence-electron chi connectivity index (χ3n) is 3.22. The van der Waals surface area contributed by atoms with Crippen molar-refractivity contribution < 1.29 is 19.0 Å². The standard InChI is InChI=1S/C18H25NO4S/c1-6-21-13-9-15(23-12(2)3)14-11-17(24-16(14)10-13)18(20)22-8-7-19(4)5/h9-12H,6-8H2,1-5H3. The molecule has 0 atom stereocenters. The molecule has 0 N–H and O–H groups in total. The fourth-order valence-electron chi connectivity index (χ4n) is 2.18. The number of fused-ring (bicyclic) bond motifs is 1. The normalized spacial score (nSPS) is 11.3. The summed E-state index contributed by atoms with van der Waals surface area (Å²) in [5.74, 6) is 1.18. The zero-order valence-electron chi connectivity index (χ0n) is 14.9. The fourth-order valence-corrected chi connectivity index (χ4v) is 3.18. The topological polar surface area (TPSA) is 48.0 Å². The van der Waals surface area contributed by atoms with Crippen LogP contribution in [0.5, 0.6) is 11.5 Å². The van der Waals surface area contributed by atoms with E-state index in [-0.39, 0.29) is 12.1 Å². The van der Waals surface area contributed by atoms with Crippen LogP contribution in [0.1, 0.15) is 30.4 Å². The van der Waals surface area contributed by atoms with Crippen LogP contribution in [0.2, 0.25) is 0 Å². The lowest BCUT2D eigenvalue weighted by atomic mass is 10.2. The summed E-state index contributed by atoms with van der Waals surface area (Å²) in [7, 11) is 3.89. The van der Waals surface area contributed by atoms with E-state index >= 15 is 0 Å². The molecule has 0 saturated carbocycles. The number of hydrogen-bond donors (Lipinski definition) is 0. The van der Waals surface area contributed by atoms with Crippen molar-refractivity contribution in [1.82, 2.24) is 4.90 Å². The highest BCUT2D eigenvalue weighted by molar-refractivity contribution is 7.20. The van der Waals surface area contributed by atoms with Crippen LogP contribution in [0.4, 0.5) is 0 Å². The van der Waals surface area contributed by atoms with Crippen LogP contribution >= 0.6 is 11.3 Å². The third kappa shape index (κ3) is 4.85. The molecule has 0 fully saturated rings. The molecule has 1 aromatic carbocycles. The number of thiophene rings is 1. The lowest BCUT2D eigenvalue weighted by molar-refractivity contribution is 0.0487. The molecule has 0 amide bonds. The van der Waals surface area contributed by atoms with Gasteiger partial charge in [-0.1, -0.05) is 0 Å². The van der Waals surface area contributed by atoms with Crippen LogP contribution in [0.15, 0.2) is 18.2 Å². The molecular weight excluding hydrogens is 326 g/mol. The minimum atomic E-state index is -0.300. The quantitative estimate of drug-likeness (QED) is 0.677. The zero-order valence-corrected chi connectivity index (χ0v) is 15.7. The van der Waals surface area contributed by atoms with Crippen LogP contribution < -0.4 is 9.47 Å². The van der Waals surface area contributed by atoms with Gasteiger partial charge in [-0.25, -0.2) is 4.79 Å². The van der Waals surface area contributed by atoms with Gasteiger partial charge in [0.05, 0.1) is 12.7 Å². The van der Waals surface area contributed by atoms with Gasteiger partial charge < -0.3 is 19.1 Å². The summed E-state index contributed by atoms with van der Waals surface area (Å²) in [5, 5.41) is 0.914. The van der Waals surface area contributed by atoms with E-state index in [0.29, 0.717) is 24.6 Å². The molecule has 1 aromatic heterocycles. The average Bonchev–Trinajstić information content (AvgIpc) is 2.91. The first-order chi connectivity index (χ1) is 11.4. The Kier molecular flexibility index (Phi) is 6.45. The minimum Gasteiger partial charge on any atom is -0.494 e. The van der Waals surface area contributed by atoms with Gasteiger partial charge in [-0.3, -0.25) is 0 Å². The molecule has 0 aliphatic rings. The maximum Gasteiger partial charge on any atom is 0.348 e. The molecule has 0 aliphatic carbocycles.